The van der Waals surface area contributed by atoms with Crippen LogP contribution in [-0.2, 0) is 19.1 Å². The van der Waals surface area contributed by atoms with Gasteiger partial charge in [-0.05, 0) is 19.4 Å². The van der Waals surface area contributed by atoms with Crippen molar-refractivity contribution in [2.24, 2.45) is 0 Å². The van der Waals surface area contributed by atoms with Crippen molar-refractivity contribution in [3.05, 3.63) is 23.8 Å². The van der Waals surface area contributed by atoms with Crippen molar-refractivity contribution in [2.75, 3.05) is 6.61 Å². The predicted octanol–water partition coefficient (Wildman–Crippen LogP) is 2.10. The van der Waals surface area contributed by atoms with Gasteiger partial charge in [0.05, 0.1) is 12.2 Å². The minimum Gasteiger partial charge on any atom is -0.462 e. The van der Waals surface area contributed by atoms with E-state index < -0.39 is 18.2 Å². The Balaban J connectivity index is 4.37. The van der Waals surface area contributed by atoms with E-state index in [0.717, 1.165) is 12.8 Å². The number of unbranched alkanes of at least 4 members (excludes halogenated alkanes) is 1. The number of carbonyl (C=O) groups is 2. The lowest BCUT2D eigenvalue weighted by atomic mass is 10.2. The summed E-state index contributed by atoms with van der Waals surface area (Å²) in [4.78, 5) is 23.0. The molecule has 0 aliphatic carbocycles. The predicted molar refractivity (Wildman–Crippen MR) is 71.2 cm³/mol. The number of carbonyl (C=O) groups excluding carboxylic acids is 2. The van der Waals surface area contributed by atoms with Crippen molar-refractivity contribution in [1.82, 2.24) is 0 Å². The molecule has 19 heavy (non-hydrogen) atoms. The third-order valence-corrected chi connectivity index (χ3v) is 2.30. The van der Waals surface area contributed by atoms with Gasteiger partial charge in [-0.1, -0.05) is 26.8 Å². The molecule has 0 bridgehead atoms. The highest BCUT2D eigenvalue weighted by Gasteiger charge is 2.13. The fraction of sp³-hybridized carbons (Fsp3) is 0.571. The topological polar surface area (TPSA) is 72.8 Å². The Labute approximate surface area is 113 Å². The SMILES string of the molecule is C=C(/C=C(\C)C(=O)OCCCC)C(=O)OC(O)CC. The molecule has 0 rings (SSSR count). The number of hydrogen-bond acceptors (Lipinski definition) is 5. The molecule has 0 spiro atoms. The molecule has 0 radical (unpaired) electrons. The van der Waals surface area contributed by atoms with Gasteiger partial charge >= 0.3 is 11.9 Å². The van der Waals surface area contributed by atoms with Gasteiger partial charge in [0.1, 0.15) is 0 Å². The fourth-order valence-electron chi connectivity index (χ4n) is 1.08. The Kier molecular flexibility index (Phi) is 8.53. The number of hydrogen-bond donors (Lipinski definition) is 1. The minimum atomic E-state index is -1.16. The Bertz CT molecular complexity index is 357. The Hall–Kier alpha value is -1.62. The highest BCUT2D eigenvalue weighted by Crippen LogP contribution is 2.07. The molecule has 108 valence electrons. The summed E-state index contributed by atoms with van der Waals surface area (Å²) in [6, 6.07) is 0. The van der Waals surface area contributed by atoms with Gasteiger partial charge in [0.2, 0.25) is 6.29 Å². The summed E-state index contributed by atoms with van der Waals surface area (Å²) in [7, 11) is 0. The van der Waals surface area contributed by atoms with E-state index in [9.17, 15) is 9.59 Å². The number of aliphatic hydroxyl groups excluding tert-OH is 1. The smallest absolute Gasteiger partial charge is 0.339 e. The minimum absolute atomic E-state index is 0.00237. The van der Waals surface area contributed by atoms with Crippen molar-refractivity contribution in [3.8, 4) is 0 Å². The van der Waals surface area contributed by atoms with Crippen molar-refractivity contribution in [3.63, 3.8) is 0 Å². The summed E-state index contributed by atoms with van der Waals surface area (Å²) < 4.78 is 9.64. The average Bonchev–Trinajstić information content (AvgIpc) is 2.38. The van der Waals surface area contributed by atoms with E-state index in [0.29, 0.717) is 13.0 Å². The van der Waals surface area contributed by atoms with Crippen LogP contribution < -0.4 is 0 Å². The maximum Gasteiger partial charge on any atom is 0.339 e. The molecular weight excluding hydrogens is 248 g/mol. The molecule has 0 aliphatic heterocycles. The largest absolute Gasteiger partial charge is 0.462 e. The van der Waals surface area contributed by atoms with Crippen LogP contribution in [0, 0.1) is 0 Å². The van der Waals surface area contributed by atoms with Crippen LogP contribution >= 0.6 is 0 Å². The average molecular weight is 270 g/mol. The number of ether oxygens (including phenoxy) is 2. The van der Waals surface area contributed by atoms with Gasteiger partial charge < -0.3 is 14.6 Å². The first kappa shape index (κ1) is 17.4. The first-order valence-corrected chi connectivity index (χ1v) is 6.35. The Morgan fingerprint density at radius 2 is 1.95 bits per heavy atom. The molecule has 0 fully saturated rings. The van der Waals surface area contributed by atoms with Gasteiger partial charge in [-0.25, -0.2) is 9.59 Å². The van der Waals surface area contributed by atoms with Crippen molar-refractivity contribution < 1.29 is 24.2 Å². The molecule has 0 aromatic heterocycles. The van der Waals surface area contributed by atoms with Gasteiger partial charge in [-0.15, -0.1) is 0 Å². The van der Waals surface area contributed by atoms with Crippen LogP contribution in [-0.4, -0.2) is 29.9 Å². The second-order valence-electron chi connectivity index (χ2n) is 4.11. The quantitative estimate of drug-likeness (QED) is 0.240. The maximum atomic E-state index is 11.5. The number of aliphatic hydroxyl groups is 1. The third kappa shape index (κ3) is 7.41. The zero-order valence-electron chi connectivity index (χ0n) is 11.8. The first-order valence-electron chi connectivity index (χ1n) is 6.35. The van der Waals surface area contributed by atoms with Crippen LogP contribution in [0.15, 0.2) is 23.8 Å². The molecule has 0 amide bonds. The monoisotopic (exact) mass is 270 g/mol. The molecule has 0 aliphatic rings. The highest BCUT2D eigenvalue weighted by atomic mass is 16.6. The maximum absolute atomic E-state index is 11.5. The van der Waals surface area contributed by atoms with Crippen molar-refractivity contribution in [1.29, 1.82) is 0 Å². The van der Waals surface area contributed by atoms with E-state index in [-0.39, 0.29) is 11.1 Å². The summed E-state index contributed by atoms with van der Waals surface area (Å²) in [6.07, 6.45) is 2.16. The molecule has 1 atom stereocenters. The zero-order valence-corrected chi connectivity index (χ0v) is 11.8. The van der Waals surface area contributed by atoms with E-state index in [2.05, 4.69) is 11.3 Å². The molecule has 0 aromatic carbocycles. The second kappa shape index (κ2) is 9.33. The van der Waals surface area contributed by atoms with E-state index in [1.165, 1.54) is 13.0 Å². The van der Waals surface area contributed by atoms with Gasteiger partial charge in [0.15, 0.2) is 0 Å². The van der Waals surface area contributed by atoms with Crippen LogP contribution in [0.4, 0.5) is 0 Å². The van der Waals surface area contributed by atoms with Crippen molar-refractivity contribution >= 4 is 11.9 Å². The normalized spacial score (nSPS) is 12.7. The number of esters is 2. The van der Waals surface area contributed by atoms with E-state index in [1.54, 1.807) is 6.92 Å². The van der Waals surface area contributed by atoms with Crippen LogP contribution in [0.2, 0.25) is 0 Å². The molecule has 5 heteroatoms. The van der Waals surface area contributed by atoms with E-state index >= 15 is 0 Å². The van der Waals surface area contributed by atoms with Crippen LogP contribution in [0.25, 0.3) is 0 Å². The molecule has 0 heterocycles. The fourth-order valence-corrected chi connectivity index (χ4v) is 1.08. The van der Waals surface area contributed by atoms with Crippen molar-refractivity contribution in [2.45, 2.75) is 46.3 Å². The first-order chi connectivity index (χ1) is 8.92. The van der Waals surface area contributed by atoms with Gasteiger partial charge in [0.25, 0.3) is 0 Å². The van der Waals surface area contributed by atoms with E-state index in [4.69, 9.17) is 9.84 Å². The van der Waals surface area contributed by atoms with Gasteiger partial charge in [-0.2, -0.15) is 0 Å². The molecule has 0 aromatic rings. The van der Waals surface area contributed by atoms with E-state index in [1.807, 2.05) is 6.92 Å². The highest BCUT2D eigenvalue weighted by molar-refractivity contribution is 5.95. The second-order valence-corrected chi connectivity index (χ2v) is 4.11. The Morgan fingerprint density at radius 1 is 1.32 bits per heavy atom. The summed E-state index contributed by atoms with van der Waals surface area (Å²) in [5, 5.41) is 9.17. The lowest BCUT2D eigenvalue weighted by molar-refractivity contribution is -0.162. The van der Waals surface area contributed by atoms with Crippen LogP contribution in [0.3, 0.4) is 0 Å². The molecule has 0 saturated heterocycles. The third-order valence-electron chi connectivity index (χ3n) is 2.30. The molecule has 1 N–H and O–H groups in total. The molecule has 0 saturated carbocycles. The lowest BCUT2D eigenvalue weighted by Crippen LogP contribution is -2.17. The summed E-state index contributed by atoms with van der Waals surface area (Å²) in [5.74, 6) is -1.24. The van der Waals surface area contributed by atoms with Crippen LogP contribution in [0.1, 0.15) is 40.0 Å². The molecule has 1 unspecified atom stereocenters. The van der Waals surface area contributed by atoms with Gasteiger partial charge in [0, 0.05) is 12.0 Å². The molecular formula is C14H22O5. The molecule has 5 nitrogen and oxygen atoms in total. The number of rotatable bonds is 8. The standard InChI is InChI=1S/C14H22O5/c1-5-7-8-18-13(16)10(3)9-11(4)14(17)19-12(15)6-2/h9,12,15H,4-8H2,1-3H3/b10-9+. The lowest BCUT2D eigenvalue weighted by Gasteiger charge is -2.10. The summed E-state index contributed by atoms with van der Waals surface area (Å²) in [6.45, 7) is 9.04. The van der Waals surface area contributed by atoms with Crippen LogP contribution in [0.5, 0.6) is 0 Å². The zero-order chi connectivity index (χ0) is 14.8. The van der Waals surface area contributed by atoms with Gasteiger partial charge in [-0.3, -0.25) is 0 Å². The Morgan fingerprint density at radius 3 is 2.47 bits per heavy atom. The summed E-state index contributed by atoms with van der Waals surface area (Å²) >= 11 is 0. The summed E-state index contributed by atoms with van der Waals surface area (Å²) in [5.41, 5.74) is 0.265.